The van der Waals surface area contributed by atoms with Gasteiger partial charge in [0.05, 0.1) is 5.56 Å². The molecule has 0 fully saturated rings. The first-order chi connectivity index (χ1) is 11.0. The highest BCUT2D eigenvalue weighted by atomic mass is 35.5. The summed E-state index contributed by atoms with van der Waals surface area (Å²) in [7, 11) is 0. The largest absolute Gasteiger partial charge is 0.322 e. The van der Waals surface area contributed by atoms with Crippen molar-refractivity contribution in [3.05, 3.63) is 58.4 Å². The third-order valence-corrected chi connectivity index (χ3v) is 4.02. The number of hydrogen-bond acceptors (Lipinski definition) is 2. The van der Waals surface area contributed by atoms with E-state index in [0.717, 1.165) is 23.7 Å². The van der Waals surface area contributed by atoms with Gasteiger partial charge in [0.2, 0.25) is 5.91 Å². The van der Waals surface area contributed by atoms with Crippen molar-refractivity contribution < 1.29 is 14.0 Å². The van der Waals surface area contributed by atoms with E-state index in [1.165, 1.54) is 19.1 Å². The summed E-state index contributed by atoms with van der Waals surface area (Å²) in [6.45, 7) is 2.15. The molecule has 118 valence electrons. The Kier molecular flexibility index (Phi) is 4.05. The van der Waals surface area contributed by atoms with Crippen LogP contribution in [0.2, 0.25) is 5.02 Å². The number of nitrogens with zero attached hydrogens (tertiary/aromatic N) is 1. The minimum Gasteiger partial charge on any atom is -0.322 e. The summed E-state index contributed by atoms with van der Waals surface area (Å²) in [6.07, 6.45) is 0.726. The van der Waals surface area contributed by atoms with Crippen LogP contribution in [0, 0.1) is 5.82 Å². The lowest BCUT2D eigenvalue weighted by Gasteiger charge is -2.15. The second kappa shape index (κ2) is 6.01. The Labute approximate surface area is 137 Å². The van der Waals surface area contributed by atoms with Gasteiger partial charge in [0.25, 0.3) is 5.91 Å². The van der Waals surface area contributed by atoms with Crippen LogP contribution in [0.15, 0.2) is 36.4 Å². The maximum Gasteiger partial charge on any atom is 0.258 e. The normalized spacial score (nSPS) is 12.9. The fourth-order valence-corrected chi connectivity index (χ4v) is 2.85. The Morgan fingerprint density at radius 1 is 1.22 bits per heavy atom. The Bertz CT molecular complexity index is 807. The van der Waals surface area contributed by atoms with Gasteiger partial charge >= 0.3 is 0 Å². The highest BCUT2D eigenvalue weighted by molar-refractivity contribution is 6.31. The topological polar surface area (TPSA) is 49.4 Å². The molecule has 0 spiro atoms. The molecule has 2 aromatic rings. The van der Waals surface area contributed by atoms with Gasteiger partial charge in [-0.3, -0.25) is 9.59 Å². The first kappa shape index (κ1) is 15.5. The molecular formula is C17H14ClFN2O2. The first-order valence-corrected chi connectivity index (χ1v) is 7.51. The molecule has 1 aliphatic heterocycles. The molecule has 0 aromatic heterocycles. The number of anilines is 2. The average molecular weight is 333 g/mol. The zero-order valence-electron chi connectivity index (χ0n) is 12.4. The van der Waals surface area contributed by atoms with Crippen LogP contribution >= 0.6 is 11.6 Å². The van der Waals surface area contributed by atoms with Crippen LogP contribution < -0.4 is 10.2 Å². The van der Waals surface area contributed by atoms with E-state index in [0.29, 0.717) is 17.3 Å². The van der Waals surface area contributed by atoms with E-state index in [-0.39, 0.29) is 11.5 Å². The Balaban J connectivity index is 1.83. The van der Waals surface area contributed by atoms with E-state index in [1.807, 2.05) is 0 Å². The van der Waals surface area contributed by atoms with Crippen molar-refractivity contribution >= 4 is 34.8 Å². The Morgan fingerprint density at radius 3 is 2.74 bits per heavy atom. The molecule has 0 aliphatic carbocycles. The maximum atomic E-state index is 13.7. The van der Waals surface area contributed by atoms with Crippen LogP contribution in [-0.2, 0) is 11.2 Å². The highest BCUT2D eigenvalue weighted by Crippen LogP contribution is 2.30. The van der Waals surface area contributed by atoms with E-state index in [9.17, 15) is 14.0 Å². The molecule has 1 N–H and O–H groups in total. The van der Waals surface area contributed by atoms with Crippen LogP contribution in [0.3, 0.4) is 0 Å². The molecule has 0 bridgehead atoms. The maximum absolute atomic E-state index is 13.7. The van der Waals surface area contributed by atoms with Gasteiger partial charge in [-0.25, -0.2) is 4.39 Å². The molecule has 0 saturated carbocycles. The fraction of sp³-hybridized carbons (Fsp3) is 0.176. The Morgan fingerprint density at radius 2 is 2.00 bits per heavy atom. The lowest BCUT2D eigenvalue weighted by Crippen LogP contribution is -2.25. The zero-order chi connectivity index (χ0) is 16.6. The average Bonchev–Trinajstić information content (AvgIpc) is 2.93. The summed E-state index contributed by atoms with van der Waals surface area (Å²) in [5.41, 5.74) is 2.27. The van der Waals surface area contributed by atoms with E-state index >= 15 is 0 Å². The number of amides is 2. The number of nitrogens with one attached hydrogen (secondary N) is 1. The van der Waals surface area contributed by atoms with Gasteiger partial charge in [0, 0.05) is 29.9 Å². The highest BCUT2D eigenvalue weighted by Gasteiger charge is 2.22. The number of rotatable bonds is 2. The number of carbonyl (C=O) groups excluding carboxylic acids is 2. The number of fused-ring (bicyclic) bond motifs is 1. The summed E-state index contributed by atoms with van der Waals surface area (Å²) in [4.78, 5) is 25.4. The lowest BCUT2D eigenvalue weighted by atomic mass is 10.1. The van der Waals surface area contributed by atoms with E-state index in [1.54, 1.807) is 23.1 Å². The lowest BCUT2D eigenvalue weighted by molar-refractivity contribution is -0.116. The van der Waals surface area contributed by atoms with Crippen LogP contribution in [-0.4, -0.2) is 18.4 Å². The molecule has 3 rings (SSSR count). The summed E-state index contributed by atoms with van der Waals surface area (Å²) in [5.74, 6) is -1.20. The van der Waals surface area contributed by atoms with Crippen molar-refractivity contribution in [1.29, 1.82) is 0 Å². The fourth-order valence-electron chi connectivity index (χ4n) is 2.68. The van der Waals surface area contributed by atoms with Gasteiger partial charge in [-0.1, -0.05) is 11.6 Å². The second-order valence-electron chi connectivity index (χ2n) is 5.34. The smallest absolute Gasteiger partial charge is 0.258 e. The standard InChI is InChI=1S/C17H14ClFN2O2/c1-10(22)21-7-6-11-8-13(3-5-16(11)21)20-17(23)14-9-12(18)2-4-15(14)19/h2-5,8-9H,6-7H2,1H3,(H,20,23). The van der Waals surface area contributed by atoms with Crippen molar-refractivity contribution in [3.8, 4) is 0 Å². The predicted molar refractivity (Wildman–Crippen MR) is 87.5 cm³/mol. The van der Waals surface area contributed by atoms with Crippen LogP contribution in [0.5, 0.6) is 0 Å². The molecule has 2 amide bonds. The van der Waals surface area contributed by atoms with Crippen LogP contribution in [0.4, 0.5) is 15.8 Å². The molecule has 1 heterocycles. The van der Waals surface area contributed by atoms with Gasteiger partial charge in [0.15, 0.2) is 0 Å². The van der Waals surface area contributed by atoms with Gasteiger partial charge in [-0.15, -0.1) is 0 Å². The number of halogens is 2. The molecule has 0 atom stereocenters. The second-order valence-corrected chi connectivity index (χ2v) is 5.78. The third-order valence-electron chi connectivity index (χ3n) is 3.79. The minimum atomic E-state index is -0.629. The monoisotopic (exact) mass is 332 g/mol. The predicted octanol–water partition coefficient (Wildman–Crippen LogP) is 3.64. The molecule has 1 aliphatic rings. The molecule has 0 unspecified atom stereocenters. The molecule has 2 aromatic carbocycles. The summed E-state index contributed by atoms with van der Waals surface area (Å²) in [6, 6.07) is 9.12. The molecule has 23 heavy (non-hydrogen) atoms. The van der Waals surface area contributed by atoms with Crippen molar-refractivity contribution in [3.63, 3.8) is 0 Å². The van der Waals surface area contributed by atoms with Gasteiger partial charge in [-0.2, -0.15) is 0 Å². The quantitative estimate of drug-likeness (QED) is 0.912. The van der Waals surface area contributed by atoms with Crippen molar-refractivity contribution in [2.75, 3.05) is 16.8 Å². The molecule has 6 heteroatoms. The summed E-state index contributed by atoms with van der Waals surface area (Å²) < 4.78 is 13.7. The Hall–Kier alpha value is -2.40. The third kappa shape index (κ3) is 3.05. The van der Waals surface area contributed by atoms with Crippen molar-refractivity contribution in [2.45, 2.75) is 13.3 Å². The van der Waals surface area contributed by atoms with Crippen LogP contribution in [0.25, 0.3) is 0 Å². The van der Waals surface area contributed by atoms with Gasteiger partial charge < -0.3 is 10.2 Å². The SMILES string of the molecule is CC(=O)N1CCc2cc(NC(=O)c3cc(Cl)ccc3F)ccc21. The number of carbonyl (C=O) groups is 2. The summed E-state index contributed by atoms with van der Waals surface area (Å²) >= 11 is 5.80. The summed E-state index contributed by atoms with van der Waals surface area (Å²) in [5, 5.41) is 2.95. The van der Waals surface area contributed by atoms with Crippen molar-refractivity contribution in [1.82, 2.24) is 0 Å². The molecule has 0 radical (unpaired) electrons. The van der Waals surface area contributed by atoms with Gasteiger partial charge in [-0.05, 0) is 48.4 Å². The molecular weight excluding hydrogens is 319 g/mol. The number of hydrogen-bond donors (Lipinski definition) is 1. The molecule has 4 nitrogen and oxygen atoms in total. The number of benzene rings is 2. The first-order valence-electron chi connectivity index (χ1n) is 7.13. The van der Waals surface area contributed by atoms with E-state index < -0.39 is 11.7 Å². The minimum absolute atomic E-state index is 0.0125. The van der Waals surface area contributed by atoms with Crippen molar-refractivity contribution in [2.24, 2.45) is 0 Å². The zero-order valence-corrected chi connectivity index (χ0v) is 13.2. The van der Waals surface area contributed by atoms with Gasteiger partial charge in [0.1, 0.15) is 5.82 Å². The van der Waals surface area contributed by atoms with Crippen LogP contribution in [0.1, 0.15) is 22.8 Å². The van der Waals surface area contributed by atoms with E-state index in [4.69, 9.17) is 11.6 Å². The molecule has 0 saturated heterocycles. The van der Waals surface area contributed by atoms with E-state index in [2.05, 4.69) is 5.32 Å².